The van der Waals surface area contributed by atoms with Crippen LogP contribution in [-0.4, -0.2) is 38.3 Å². The van der Waals surface area contributed by atoms with Crippen molar-refractivity contribution >= 4 is 34.9 Å². The van der Waals surface area contributed by atoms with Crippen LogP contribution in [0.5, 0.6) is 0 Å². The van der Waals surface area contributed by atoms with E-state index in [0.717, 1.165) is 42.0 Å². The number of rotatable bonds is 3. The molecule has 1 saturated heterocycles. The highest BCUT2D eigenvalue weighted by molar-refractivity contribution is 6.36. The van der Waals surface area contributed by atoms with E-state index in [1.807, 2.05) is 17.9 Å². The lowest BCUT2D eigenvalue weighted by Crippen LogP contribution is -2.28. The van der Waals surface area contributed by atoms with E-state index in [1.165, 1.54) is 0 Å². The minimum atomic E-state index is -0.0741. The highest BCUT2D eigenvalue weighted by Gasteiger charge is 2.27. The molecule has 6 nitrogen and oxygen atoms in total. The van der Waals surface area contributed by atoms with Crippen molar-refractivity contribution in [1.29, 1.82) is 0 Å². The molecule has 146 valence electrons. The van der Waals surface area contributed by atoms with Gasteiger partial charge in [-0.2, -0.15) is 0 Å². The molecule has 2 N–H and O–H groups in total. The Labute approximate surface area is 173 Å². The third-order valence-electron chi connectivity index (χ3n) is 5.24. The zero-order valence-electron chi connectivity index (χ0n) is 15.7. The SMILES string of the molecule is Cc1nc2nc(C(=O)N3CC[C@@H](C)C3)cn2c(-c2ccc(Cl)cc2Cl)c1CN. The lowest BCUT2D eigenvalue weighted by molar-refractivity contribution is 0.0783. The van der Waals surface area contributed by atoms with Gasteiger partial charge >= 0.3 is 0 Å². The zero-order valence-corrected chi connectivity index (χ0v) is 17.3. The Morgan fingerprint density at radius 1 is 1.32 bits per heavy atom. The molecule has 0 radical (unpaired) electrons. The minimum absolute atomic E-state index is 0.0741. The largest absolute Gasteiger partial charge is 0.337 e. The van der Waals surface area contributed by atoms with Crippen LogP contribution in [0.4, 0.5) is 0 Å². The molecular weight excluding hydrogens is 397 g/mol. The fourth-order valence-electron chi connectivity index (χ4n) is 3.75. The second kappa shape index (κ2) is 7.35. The topological polar surface area (TPSA) is 76.5 Å². The number of amides is 1. The number of benzene rings is 1. The van der Waals surface area contributed by atoms with Gasteiger partial charge in [-0.25, -0.2) is 9.97 Å². The normalized spacial score (nSPS) is 16.9. The van der Waals surface area contributed by atoms with E-state index in [-0.39, 0.29) is 12.5 Å². The van der Waals surface area contributed by atoms with Crippen molar-refractivity contribution in [2.75, 3.05) is 13.1 Å². The highest BCUT2D eigenvalue weighted by Crippen LogP contribution is 2.34. The van der Waals surface area contributed by atoms with Gasteiger partial charge in [-0.15, -0.1) is 0 Å². The number of likely N-dealkylation sites (tertiary alicyclic amines) is 1. The molecule has 0 aliphatic carbocycles. The van der Waals surface area contributed by atoms with Crippen LogP contribution in [0.15, 0.2) is 24.4 Å². The van der Waals surface area contributed by atoms with E-state index in [4.69, 9.17) is 28.9 Å². The van der Waals surface area contributed by atoms with Crippen LogP contribution < -0.4 is 5.73 Å². The second-order valence-electron chi connectivity index (χ2n) is 7.29. The quantitative estimate of drug-likeness (QED) is 0.699. The van der Waals surface area contributed by atoms with Crippen molar-refractivity contribution in [3.63, 3.8) is 0 Å². The van der Waals surface area contributed by atoms with Crippen molar-refractivity contribution < 1.29 is 4.79 Å². The first-order valence-corrected chi connectivity index (χ1v) is 9.98. The summed E-state index contributed by atoms with van der Waals surface area (Å²) in [6.45, 7) is 5.82. The molecular formula is C20H21Cl2N5O. The Hall–Kier alpha value is -2.15. The van der Waals surface area contributed by atoms with E-state index >= 15 is 0 Å². The number of hydrogen-bond acceptors (Lipinski definition) is 4. The third-order valence-corrected chi connectivity index (χ3v) is 5.79. The summed E-state index contributed by atoms with van der Waals surface area (Å²) in [6.07, 6.45) is 2.74. The summed E-state index contributed by atoms with van der Waals surface area (Å²) < 4.78 is 1.80. The molecule has 1 aliphatic rings. The maximum atomic E-state index is 12.9. The molecule has 4 rings (SSSR count). The lowest BCUT2D eigenvalue weighted by Gasteiger charge is -2.15. The predicted molar refractivity (Wildman–Crippen MR) is 111 cm³/mol. The number of nitrogens with two attached hydrogens (primary N) is 1. The first-order chi connectivity index (χ1) is 13.4. The maximum absolute atomic E-state index is 12.9. The first-order valence-electron chi connectivity index (χ1n) is 9.22. The molecule has 0 spiro atoms. The Balaban J connectivity index is 1.90. The third kappa shape index (κ3) is 3.26. The second-order valence-corrected chi connectivity index (χ2v) is 8.14. The Morgan fingerprint density at radius 2 is 2.11 bits per heavy atom. The van der Waals surface area contributed by atoms with Crippen LogP contribution in [0, 0.1) is 12.8 Å². The summed E-state index contributed by atoms with van der Waals surface area (Å²) in [4.78, 5) is 23.8. The van der Waals surface area contributed by atoms with Gasteiger partial charge < -0.3 is 10.6 Å². The molecule has 0 saturated carbocycles. The smallest absolute Gasteiger partial charge is 0.274 e. The Kier molecular flexibility index (Phi) is 5.04. The van der Waals surface area contributed by atoms with E-state index in [1.54, 1.807) is 22.7 Å². The van der Waals surface area contributed by atoms with Gasteiger partial charge in [-0.3, -0.25) is 9.20 Å². The molecule has 28 heavy (non-hydrogen) atoms. The Bertz CT molecular complexity index is 1080. The highest BCUT2D eigenvalue weighted by atomic mass is 35.5. The molecule has 2 aromatic heterocycles. The number of carbonyl (C=O) groups is 1. The van der Waals surface area contributed by atoms with Crippen LogP contribution in [0.1, 0.15) is 35.1 Å². The number of imidazole rings is 1. The van der Waals surface area contributed by atoms with Gasteiger partial charge in [0.1, 0.15) is 5.69 Å². The van der Waals surface area contributed by atoms with Crippen LogP contribution in [0.3, 0.4) is 0 Å². The van der Waals surface area contributed by atoms with E-state index in [2.05, 4.69) is 16.9 Å². The van der Waals surface area contributed by atoms with Crippen molar-refractivity contribution in [3.8, 4) is 11.3 Å². The van der Waals surface area contributed by atoms with Crippen LogP contribution in [-0.2, 0) is 6.54 Å². The van der Waals surface area contributed by atoms with Crippen LogP contribution in [0.25, 0.3) is 17.0 Å². The van der Waals surface area contributed by atoms with Gasteiger partial charge in [0.25, 0.3) is 5.91 Å². The number of carbonyl (C=O) groups excluding carboxylic acids is 1. The predicted octanol–water partition coefficient (Wildman–Crippen LogP) is 3.95. The zero-order chi connectivity index (χ0) is 20.0. The molecule has 1 atom stereocenters. The van der Waals surface area contributed by atoms with Gasteiger partial charge in [0.2, 0.25) is 5.78 Å². The average molecular weight is 418 g/mol. The van der Waals surface area contributed by atoms with Crippen LogP contribution in [0.2, 0.25) is 10.0 Å². The monoisotopic (exact) mass is 417 g/mol. The number of halogens is 2. The Morgan fingerprint density at radius 3 is 2.75 bits per heavy atom. The first kappa shape index (κ1) is 19.2. The van der Waals surface area contributed by atoms with Gasteiger partial charge in [0.15, 0.2) is 0 Å². The fraction of sp³-hybridized carbons (Fsp3) is 0.350. The molecule has 1 aromatic carbocycles. The number of nitrogens with zero attached hydrogens (tertiary/aromatic N) is 4. The van der Waals surface area contributed by atoms with Crippen molar-refractivity contribution in [2.24, 2.45) is 11.7 Å². The lowest BCUT2D eigenvalue weighted by atomic mass is 10.0. The fourth-order valence-corrected chi connectivity index (χ4v) is 4.25. The van der Waals surface area contributed by atoms with E-state index in [9.17, 15) is 4.79 Å². The summed E-state index contributed by atoms with van der Waals surface area (Å²) in [6, 6.07) is 5.32. The van der Waals surface area contributed by atoms with Gasteiger partial charge in [0.05, 0.1) is 10.7 Å². The van der Waals surface area contributed by atoms with Gasteiger partial charge in [-0.1, -0.05) is 30.1 Å². The molecule has 1 amide bonds. The maximum Gasteiger partial charge on any atom is 0.274 e. The standard InChI is InChI=1S/C20H21Cl2N5O/c1-11-5-6-26(9-11)19(28)17-10-27-18(14-4-3-13(21)7-16(14)22)15(8-23)12(2)24-20(27)25-17/h3-4,7,10-11H,5-6,8-9,23H2,1-2H3/t11-/m1/s1. The summed E-state index contributed by atoms with van der Waals surface area (Å²) in [5.74, 6) is 0.884. The summed E-state index contributed by atoms with van der Waals surface area (Å²) in [5.41, 5.74) is 9.57. The molecule has 0 bridgehead atoms. The molecule has 0 unspecified atom stereocenters. The molecule has 8 heteroatoms. The molecule has 3 heterocycles. The van der Waals surface area contributed by atoms with E-state index in [0.29, 0.717) is 27.4 Å². The number of fused-ring (bicyclic) bond motifs is 1. The van der Waals surface area contributed by atoms with Crippen molar-refractivity contribution in [3.05, 3.63) is 51.4 Å². The molecule has 1 fully saturated rings. The summed E-state index contributed by atoms with van der Waals surface area (Å²) in [5, 5.41) is 1.05. The number of aryl methyl sites for hydroxylation is 1. The molecule has 3 aromatic rings. The van der Waals surface area contributed by atoms with Gasteiger partial charge in [-0.05, 0) is 37.5 Å². The number of hydrogen-bond donors (Lipinski definition) is 1. The van der Waals surface area contributed by atoms with Crippen molar-refractivity contribution in [1.82, 2.24) is 19.3 Å². The summed E-state index contributed by atoms with van der Waals surface area (Å²) >= 11 is 12.5. The van der Waals surface area contributed by atoms with Crippen LogP contribution >= 0.6 is 23.2 Å². The number of aromatic nitrogens is 3. The molecule has 1 aliphatic heterocycles. The van der Waals surface area contributed by atoms with E-state index < -0.39 is 0 Å². The summed E-state index contributed by atoms with van der Waals surface area (Å²) in [7, 11) is 0. The average Bonchev–Trinajstić information content (AvgIpc) is 3.26. The van der Waals surface area contributed by atoms with Gasteiger partial charge in [0, 0.05) is 47.7 Å². The minimum Gasteiger partial charge on any atom is -0.337 e. The van der Waals surface area contributed by atoms with Crippen molar-refractivity contribution in [2.45, 2.75) is 26.8 Å².